The first-order valence-corrected chi connectivity index (χ1v) is 7.23. The molecule has 104 valence electrons. The number of thiocarbonyl (C=S) groups is 1. The van der Waals surface area contributed by atoms with Crippen molar-refractivity contribution in [3.8, 4) is 0 Å². The second-order valence-corrected chi connectivity index (χ2v) is 5.37. The number of carbonyl (C=O) groups excluding carboxylic acids is 1. The van der Waals surface area contributed by atoms with Crippen molar-refractivity contribution in [2.24, 2.45) is 0 Å². The molecule has 0 aliphatic heterocycles. The van der Waals surface area contributed by atoms with Gasteiger partial charge in [-0.3, -0.25) is 15.4 Å². The molecule has 0 atom stereocenters. The first-order valence-electron chi connectivity index (χ1n) is 5.74. The average molecular weight is 402 g/mol. The maximum atomic E-state index is 12.0. The molecule has 1 heterocycles. The van der Waals surface area contributed by atoms with Crippen LogP contribution in [-0.2, 0) is 6.54 Å². The molecule has 0 spiro atoms. The van der Waals surface area contributed by atoms with Gasteiger partial charge in [-0.25, -0.2) is 0 Å². The Hall–Kier alpha value is -1.62. The Morgan fingerprint density at radius 1 is 1.50 bits per heavy atom. The molecule has 1 aromatic heterocycles. The lowest BCUT2D eigenvalue weighted by molar-refractivity contribution is 0.0977. The summed E-state index contributed by atoms with van der Waals surface area (Å²) < 4.78 is 0.974. The van der Waals surface area contributed by atoms with Crippen molar-refractivity contribution >= 4 is 51.8 Å². The van der Waals surface area contributed by atoms with Crippen LogP contribution >= 0.6 is 34.8 Å². The smallest absolute Gasteiger partial charge is 0.269 e. The zero-order chi connectivity index (χ0) is 14.5. The molecule has 0 aliphatic carbocycles. The highest BCUT2D eigenvalue weighted by Gasteiger charge is 2.10. The van der Waals surface area contributed by atoms with Crippen molar-refractivity contribution in [3.05, 3.63) is 33.4 Å². The summed E-state index contributed by atoms with van der Waals surface area (Å²) in [5.41, 5.74) is 0.534. The predicted octanol–water partition coefficient (Wildman–Crippen LogP) is 1.42. The molecular weight excluding hydrogens is 391 g/mol. The summed E-state index contributed by atoms with van der Waals surface area (Å²) in [6.45, 7) is 2.50. The highest BCUT2D eigenvalue weighted by atomic mass is 127. The van der Waals surface area contributed by atoms with E-state index >= 15 is 0 Å². The first-order chi connectivity index (χ1) is 9.58. The van der Waals surface area contributed by atoms with Crippen molar-refractivity contribution in [2.75, 3.05) is 5.32 Å². The molecule has 0 saturated heterocycles. The molecule has 1 aromatic carbocycles. The Bertz CT molecular complexity index is 643. The number of halogens is 1. The fourth-order valence-electron chi connectivity index (χ4n) is 1.37. The molecule has 1 amide bonds. The van der Waals surface area contributed by atoms with E-state index < -0.39 is 0 Å². The fraction of sp³-hybridized carbons (Fsp3) is 0.182. The minimum atomic E-state index is -0.288. The van der Waals surface area contributed by atoms with Crippen LogP contribution in [0.3, 0.4) is 0 Å². The van der Waals surface area contributed by atoms with E-state index in [-0.39, 0.29) is 17.0 Å². The second-order valence-electron chi connectivity index (χ2n) is 3.72. The van der Waals surface area contributed by atoms with Gasteiger partial charge in [0.15, 0.2) is 5.11 Å². The van der Waals surface area contributed by atoms with Crippen molar-refractivity contribution in [1.29, 1.82) is 0 Å². The molecule has 2 aromatic rings. The predicted molar refractivity (Wildman–Crippen MR) is 86.3 cm³/mol. The van der Waals surface area contributed by atoms with E-state index in [9.17, 15) is 4.79 Å². The van der Waals surface area contributed by atoms with E-state index in [1.165, 1.54) is 4.80 Å². The number of benzene rings is 1. The summed E-state index contributed by atoms with van der Waals surface area (Å²) in [5.74, 6) is -0.0382. The molecule has 2 N–H and O–H groups in total. The summed E-state index contributed by atoms with van der Waals surface area (Å²) in [6.07, 6.45) is 0. The number of nitrogens with zero attached hydrogens (tertiary/aromatic N) is 4. The van der Waals surface area contributed by atoms with E-state index in [0.717, 1.165) is 3.57 Å². The van der Waals surface area contributed by atoms with Crippen molar-refractivity contribution < 1.29 is 4.79 Å². The van der Waals surface area contributed by atoms with Gasteiger partial charge >= 0.3 is 0 Å². The molecule has 0 saturated carbocycles. The van der Waals surface area contributed by atoms with Gasteiger partial charge in [-0.15, -0.1) is 5.10 Å². The van der Waals surface area contributed by atoms with Gasteiger partial charge in [0.25, 0.3) is 11.9 Å². The largest absolute Gasteiger partial charge is 0.299 e. The van der Waals surface area contributed by atoms with Crippen LogP contribution in [0.25, 0.3) is 0 Å². The number of aromatic nitrogens is 4. The second kappa shape index (κ2) is 6.70. The third-order valence-corrected chi connectivity index (χ3v) is 3.15. The summed E-state index contributed by atoms with van der Waals surface area (Å²) in [6, 6.07) is 7.19. The van der Waals surface area contributed by atoms with Crippen LogP contribution in [0.1, 0.15) is 17.3 Å². The standard InChI is InChI=1S/C11H11IN6OS/c1-2-18-16-10(15-17-18)14-11(20)13-9(19)7-4-3-5-8(12)6-7/h3-6H,2H2,1H3,(H2,13,14,16,19,20). The lowest BCUT2D eigenvalue weighted by Gasteiger charge is -2.06. The van der Waals surface area contributed by atoms with Crippen LogP contribution in [-0.4, -0.2) is 31.2 Å². The summed E-state index contributed by atoms with van der Waals surface area (Å²) >= 11 is 7.17. The molecule has 7 nitrogen and oxygen atoms in total. The van der Waals surface area contributed by atoms with Gasteiger partial charge in [0.1, 0.15) is 0 Å². The van der Waals surface area contributed by atoms with Gasteiger partial charge in [-0.05, 0) is 65.1 Å². The number of rotatable bonds is 3. The molecule has 9 heteroatoms. The van der Waals surface area contributed by atoms with Crippen molar-refractivity contribution in [2.45, 2.75) is 13.5 Å². The van der Waals surface area contributed by atoms with Crippen molar-refractivity contribution in [1.82, 2.24) is 25.5 Å². The number of nitrogens with one attached hydrogen (secondary N) is 2. The monoisotopic (exact) mass is 402 g/mol. The maximum absolute atomic E-state index is 12.0. The van der Waals surface area contributed by atoms with Crippen LogP contribution < -0.4 is 10.6 Å². The van der Waals surface area contributed by atoms with E-state index in [2.05, 4.69) is 48.6 Å². The molecule has 0 unspecified atom stereocenters. The Morgan fingerprint density at radius 2 is 2.30 bits per heavy atom. The van der Waals surface area contributed by atoms with Gasteiger partial charge in [0, 0.05) is 9.13 Å². The maximum Gasteiger partial charge on any atom is 0.269 e. The Morgan fingerprint density at radius 3 is 2.95 bits per heavy atom. The SMILES string of the molecule is CCn1nnc(NC(=S)NC(=O)c2cccc(I)c2)n1. The third-order valence-electron chi connectivity index (χ3n) is 2.27. The van der Waals surface area contributed by atoms with E-state index in [1.54, 1.807) is 12.1 Å². The number of carbonyl (C=O) groups is 1. The Balaban J connectivity index is 1.95. The lowest BCUT2D eigenvalue weighted by Crippen LogP contribution is -2.34. The minimum absolute atomic E-state index is 0.129. The van der Waals surface area contributed by atoms with Gasteiger partial charge in [-0.1, -0.05) is 11.2 Å². The van der Waals surface area contributed by atoms with Crippen LogP contribution in [0.5, 0.6) is 0 Å². The van der Waals surface area contributed by atoms with Crippen LogP contribution in [0.15, 0.2) is 24.3 Å². The van der Waals surface area contributed by atoms with Crippen LogP contribution in [0, 0.1) is 3.57 Å². The molecule has 0 bridgehead atoms. The van der Waals surface area contributed by atoms with Crippen molar-refractivity contribution in [3.63, 3.8) is 0 Å². The van der Waals surface area contributed by atoms with Gasteiger partial charge < -0.3 is 0 Å². The summed E-state index contributed by atoms with van der Waals surface area (Å²) in [7, 11) is 0. The quantitative estimate of drug-likeness (QED) is 0.597. The van der Waals surface area contributed by atoms with Gasteiger partial charge in [0.2, 0.25) is 0 Å². The van der Waals surface area contributed by atoms with Gasteiger partial charge in [-0.2, -0.15) is 4.80 Å². The zero-order valence-corrected chi connectivity index (χ0v) is 13.5. The molecular formula is C11H11IN6OS. The number of hydrogen-bond acceptors (Lipinski definition) is 5. The summed E-state index contributed by atoms with van der Waals surface area (Å²) in [5, 5.41) is 16.9. The van der Waals surface area contributed by atoms with Crippen LogP contribution in [0.4, 0.5) is 5.95 Å². The molecule has 2 rings (SSSR count). The summed E-state index contributed by atoms with van der Waals surface area (Å²) in [4.78, 5) is 13.4. The zero-order valence-electron chi connectivity index (χ0n) is 10.5. The minimum Gasteiger partial charge on any atom is -0.299 e. The van der Waals surface area contributed by atoms with E-state index in [4.69, 9.17) is 12.2 Å². The normalized spacial score (nSPS) is 10.1. The Labute approximate surface area is 134 Å². The molecule has 20 heavy (non-hydrogen) atoms. The molecule has 0 radical (unpaired) electrons. The molecule has 0 fully saturated rings. The van der Waals surface area contributed by atoms with Gasteiger partial charge in [0.05, 0.1) is 6.54 Å². The highest BCUT2D eigenvalue weighted by Crippen LogP contribution is 2.07. The average Bonchev–Trinajstić information content (AvgIpc) is 2.86. The number of anilines is 1. The number of tetrazole rings is 1. The molecule has 0 aliphatic rings. The third kappa shape index (κ3) is 3.93. The number of amides is 1. The highest BCUT2D eigenvalue weighted by molar-refractivity contribution is 14.1. The topological polar surface area (TPSA) is 84.7 Å². The first kappa shape index (κ1) is 14.8. The number of aryl methyl sites for hydroxylation is 1. The van der Waals surface area contributed by atoms with Crippen LogP contribution in [0.2, 0.25) is 0 Å². The lowest BCUT2D eigenvalue weighted by atomic mass is 10.2. The number of hydrogen-bond donors (Lipinski definition) is 2. The van der Waals surface area contributed by atoms with E-state index in [1.807, 2.05) is 19.1 Å². The fourth-order valence-corrected chi connectivity index (χ4v) is 2.09. The Kier molecular flexibility index (Phi) is 4.95. The van der Waals surface area contributed by atoms with E-state index in [0.29, 0.717) is 12.1 Å².